The van der Waals surface area contributed by atoms with Gasteiger partial charge in [0.1, 0.15) is 5.82 Å². The summed E-state index contributed by atoms with van der Waals surface area (Å²) in [5.74, 6) is -1.81. The van der Waals surface area contributed by atoms with Crippen molar-refractivity contribution < 1.29 is 27.9 Å². The SMILES string of the molecule is Cc1cc(N[C@@H]2CCN(c3nc(C(=O)N(C)C)nc(C)c3C)C2)ccn1.O=C(O)C(F)(F)F. The molecule has 0 saturated carbocycles. The fourth-order valence-corrected chi connectivity index (χ4v) is 3.16. The van der Waals surface area contributed by atoms with Crippen molar-refractivity contribution in [2.45, 2.75) is 39.4 Å². The van der Waals surface area contributed by atoms with Crippen molar-refractivity contribution in [2.75, 3.05) is 37.4 Å². The Bertz CT molecular complexity index is 1010. The Morgan fingerprint density at radius 2 is 1.85 bits per heavy atom. The molecule has 3 heterocycles. The molecule has 1 fully saturated rings. The number of anilines is 2. The van der Waals surface area contributed by atoms with Crippen LogP contribution in [0.15, 0.2) is 18.3 Å². The van der Waals surface area contributed by atoms with E-state index in [0.717, 1.165) is 48.0 Å². The van der Waals surface area contributed by atoms with Crippen LogP contribution in [0.3, 0.4) is 0 Å². The smallest absolute Gasteiger partial charge is 0.475 e. The molecule has 0 spiro atoms. The van der Waals surface area contributed by atoms with E-state index >= 15 is 0 Å². The Hall–Kier alpha value is -3.44. The molecule has 1 aliphatic rings. The monoisotopic (exact) mass is 468 g/mol. The molecule has 9 nitrogen and oxygen atoms in total. The average molecular weight is 468 g/mol. The van der Waals surface area contributed by atoms with Gasteiger partial charge in [0, 0.05) is 62.1 Å². The molecule has 12 heteroatoms. The number of aliphatic carboxylic acids is 1. The van der Waals surface area contributed by atoms with Crippen molar-refractivity contribution in [3.05, 3.63) is 41.1 Å². The lowest BCUT2D eigenvalue weighted by Crippen LogP contribution is -2.29. The largest absolute Gasteiger partial charge is 0.490 e. The number of carboxylic acid groups (broad SMARTS) is 1. The number of carbonyl (C=O) groups is 2. The number of amides is 1. The Labute approximate surface area is 189 Å². The zero-order valence-electron chi connectivity index (χ0n) is 19.1. The molecule has 33 heavy (non-hydrogen) atoms. The number of carbonyl (C=O) groups excluding carboxylic acids is 1. The molecular weight excluding hydrogens is 441 g/mol. The highest BCUT2D eigenvalue weighted by Gasteiger charge is 2.38. The van der Waals surface area contributed by atoms with Crippen LogP contribution in [0.5, 0.6) is 0 Å². The van der Waals surface area contributed by atoms with Gasteiger partial charge in [-0.1, -0.05) is 0 Å². The lowest BCUT2D eigenvalue weighted by Gasteiger charge is -2.22. The molecule has 1 saturated heterocycles. The first kappa shape index (κ1) is 25.8. The van der Waals surface area contributed by atoms with Crippen molar-refractivity contribution in [3.8, 4) is 0 Å². The zero-order chi connectivity index (χ0) is 24.9. The van der Waals surface area contributed by atoms with Crippen LogP contribution < -0.4 is 10.2 Å². The number of nitrogens with zero attached hydrogens (tertiary/aromatic N) is 5. The van der Waals surface area contributed by atoms with Crippen LogP contribution >= 0.6 is 0 Å². The molecule has 0 aliphatic carbocycles. The molecule has 2 N–H and O–H groups in total. The highest BCUT2D eigenvalue weighted by atomic mass is 19.4. The molecule has 2 aromatic rings. The highest BCUT2D eigenvalue weighted by molar-refractivity contribution is 5.90. The van der Waals surface area contributed by atoms with Gasteiger partial charge in [-0.3, -0.25) is 9.78 Å². The lowest BCUT2D eigenvalue weighted by atomic mass is 10.2. The van der Waals surface area contributed by atoms with E-state index in [1.54, 1.807) is 14.1 Å². The van der Waals surface area contributed by atoms with Gasteiger partial charge in [0.2, 0.25) is 5.82 Å². The van der Waals surface area contributed by atoms with Crippen molar-refractivity contribution in [3.63, 3.8) is 0 Å². The van der Waals surface area contributed by atoms with Crippen LogP contribution in [0.25, 0.3) is 0 Å². The fraction of sp³-hybridized carbons (Fsp3) is 0.476. The maximum atomic E-state index is 12.3. The van der Waals surface area contributed by atoms with Gasteiger partial charge in [0.25, 0.3) is 5.91 Å². The maximum Gasteiger partial charge on any atom is 0.490 e. The summed E-state index contributed by atoms with van der Waals surface area (Å²) in [6.07, 6.45) is -2.25. The Morgan fingerprint density at radius 3 is 2.39 bits per heavy atom. The number of rotatable bonds is 4. The Morgan fingerprint density at radius 1 is 1.21 bits per heavy atom. The van der Waals surface area contributed by atoms with Crippen LogP contribution in [0.1, 0.15) is 34.0 Å². The molecule has 1 amide bonds. The van der Waals surface area contributed by atoms with E-state index < -0.39 is 12.1 Å². The third-order valence-corrected chi connectivity index (χ3v) is 4.96. The quantitative estimate of drug-likeness (QED) is 0.705. The second-order valence-corrected chi connectivity index (χ2v) is 7.85. The third-order valence-electron chi connectivity index (χ3n) is 4.96. The average Bonchev–Trinajstić information content (AvgIpc) is 3.17. The number of aryl methyl sites for hydroxylation is 2. The normalized spacial score (nSPS) is 15.5. The molecule has 0 unspecified atom stereocenters. The summed E-state index contributed by atoms with van der Waals surface area (Å²) in [7, 11) is 3.43. The van der Waals surface area contributed by atoms with Gasteiger partial charge in [-0.25, -0.2) is 14.8 Å². The summed E-state index contributed by atoms with van der Waals surface area (Å²) in [6.45, 7) is 7.67. The van der Waals surface area contributed by atoms with E-state index in [1.807, 2.05) is 33.0 Å². The highest BCUT2D eigenvalue weighted by Crippen LogP contribution is 2.25. The van der Waals surface area contributed by atoms with E-state index in [0.29, 0.717) is 6.04 Å². The van der Waals surface area contributed by atoms with Gasteiger partial charge in [-0.15, -0.1) is 0 Å². The molecular formula is C21H27F3N6O3. The number of hydrogen-bond acceptors (Lipinski definition) is 7. The van der Waals surface area contributed by atoms with Gasteiger partial charge in [-0.2, -0.15) is 13.2 Å². The number of aromatic nitrogens is 3. The first-order chi connectivity index (χ1) is 15.3. The molecule has 180 valence electrons. The fourth-order valence-electron chi connectivity index (χ4n) is 3.16. The van der Waals surface area contributed by atoms with Gasteiger partial charge in [0.05, 0.1) is 0 Å². The van der Waals surface area contributed by atoms with Crippen LogP contribution in [0.2, 0.25) is 0 Å². The number of hydrogen-bond donors (Lipinski definition) is 2. The summed E-state index contributed by atoms with van der Waals surface area (Å²) >= 11 is 0. The summed E-state index contributed by atoms with van der Waals surface area (Å²) in [5.41, 5.74) is 3.96. The number of carboxylic acids is 1. The van der Waals surface area contributed by atoms with Crippen LogP contribution in [-0.4, -0.2) is 76.2 Å². The minimum Gasteiger partial charge on any atom is -0.475 e. The summed E-state index contributed by atoms with van der Waals surface area (Å²) in [4.78, 5) is 38.1. The van der Waals surface area contributed by atoms with Crippen molar-refractivity contribution in [1.29, 1.82) is 0 Å². The Kier molecular flexibility index (Phi) is 8.18. The first-order valence-corrected chi connectivity index (χ1v) is 10.1. The van der Waals surface area contributed by atoms with Crippen LogP contribution in [0.4, 0.5) is 24.7 Å². The molecule has 0 radical (unpaired) electrons. The number of alkyl halides is 3. The van der Waals surface area contributed by atoms with E-state index in [2.05, 4.69) is 31.2 Å². The van der Waals surface area contributed by atoms with E-state index in [9.17, 15) is 18.0 Å². The van der Waals surface area contributed by atoms with Gasteiger partial charge in [-0.05, 0) is 39.3 Å². The predicted molar refractivity (Wildman–Crippen MR) is 116 cm³/mol. The molecule has 2 aromatic heterocycles. The topological polar surface area (TPSA) is 112 Å². The van der Waals surface area contributed by atoms with E-state index in [-0.39, 0.29) is 11.7 Å². The number of nitrogens with one attached hydrogen (secondary N) is 1. The van der Waals surface area contributed by atoms with Crippen LogP contribution in [0, 0.1) is 20.8 Å². The lowest BCUT2D eigenvalue weighted by molar-refractivity contribution is -0.192. The standard InChI is InChI=1S/C19H26N6O.C2HF3O2/c1-12-10-15(6-8-20-12)22-16-7-9-25(11-16)18-13(2)14(3)21-17(23-18)19(26)24(4)5;3-2(4,5)1(6)7/h6,8,10,16H,7,9,11H2,1-5H3,(H,20,22);(H,6,7)/t16-;/m1./s1. The van der Waals surface area contributed by atoms with Crippen molar-refractivity contribution in [2.24, 2.45) is 0 Å². The molecule has 3 rings (SSSR count). The summed E-state index contributed by atoms with van der Waals surface area (Å²) < 4.78 is 31.7. The van der Waals surface area contributed by atoms with E-state index in [4.69, 9.17) is 9.90 Å². The minimum absolute atomic E-state index is 0.171. The first-order valence-electron chi connectivity index (χ1n) is 10.1. The van der Waals surface area contributed by atoms with Crippen molar-refractivity contribution in [1.82, 2.24) is 19.9 Å². The predicted octanol–water partition coefficient (Wildman–Crippen LogP) is 2.82. The summed E-state index contributed by atoms with van der Waals surface area (Å²) in [5, 5.41) is 10.7. The van der Waals surface area contributed by atoms with Gasteiger partial charge < -0.3 is 20.2 Å². The second kappa shape index (κ2) is 10.5. The van der Waals surface area contributed by atoms with Gasteiger partial charge >= 0.3 is 12.1 Å². The minimum atomic E-state index is -5.08. The maximum absolute atomic E-state index is 12.3. The Balaban J connectivity index is 0.000000479. The number of halogens is 3. The molecule has 1 atom stereocenters. The van der Waals surface area contributed by atoms with Gasteiger partial charge in [0.15, 0.2) is 0 Å². The van der Waals surface area contributed by atoms with Crippen LogP contribution in [-0.2, 0) is 4.79 Å². The van der Waals surface area contributed by atoms with E-state index in [1.165, 1.54) is 4.90 Å². The second-order valence-electron chi connectivity index (χ2n) is 7.85. The molecule has 0 aromatic carbocycles. The van der Waals surface area contributed by atoms with Crippen molar-refractivity contribution >= 4 is 23.4 Å². The zero-order valence-corrected chi connectivity index (χ0v) is 19.1. The molecule has 1 aliphatic heterocycles. The number of pyridine rings is 1. The third kappa shape index (κ3) is 7.02. The summed E-state index contributed by atoms with van der Waals surface area (Å²) in [6, 6.07) is 4.37. The molecule has 0 bridgehead atoms.